The molecular formula is C24H24Cl2N2O2. The second-order valence-electron chi connectivity index (χ2n) is 8.27. The number of fused-ring (bicyclic) bond motifs is 2. The largest absolute Gasteiger partial charge is 0.348 e. The maximum absolute atomic E-state index is 13.8. The van der Waals surface area contributed by atoms with Crippen molar-refractivity contribution in [2.24, 2.45) is 5.92 Å². The number of benzene rings is 2. The highest BCUT2D eigenvalue weighted by atomic mass is 35.5. The molecule has 1 spiro atoms. The fourth-order valence-electron chi connectivity index (χ4n) is 5.13. The summed E-state index contributed by atoms with van der Waals surface area (Å²) in [6, 6.07) is 12.5. The molecule has 2 aromatic carbocycles. The predicted molar refractivity (Wildman–Crippen MR) is 121 cm³/mol. The van der Waals surface area contributed by atoms with Crippen LogP contribution in [0.15, 0.2) is 54.1 Å². The maximum Gasteiger partial charge on any atom is 0.238 e. The monoisotopic (exact) mass is 442 g/mol. The van der Waals surface area contributed by atoms with E-state index < -0.39 is 11.5 Å². The van der Waals surface area contributed by atoms with E-state index in [1.807, 2.05) is 37.3 Å². The summed E-state index contributed by atoms with van der Waals surface area (Å²) in [4.78, 5) is 26.7. The molecule has 4 nitrogen and oxygen atoms in total. The van der Waals surface area contributed by atoms with Gasteiger partial charge in [0.25, 0.3) is 0 Å². The summed E-state index contributed by atoms with van der Waals surface area (Å²) in [6.07, 6.45) is 2.21. The van der Waals surface area contributed by atoms with Crippen LogP contribution in [0, 0.1) is 5.92 Å². The van der Waals surface area contributed by atoms with Crippen molar-refractivity contribution in [2.45, 2.75) is 44.6 Å². The smallest absolute Gasteiger partial charge is 0.238 e. The first-order chi connectivity index (χ1) is 14.3. The molecular weight excluding hydrogens is 419 g/mol. The lowest BCUT2D eigenvalue weighted by Crippen LogP contribution is -2.63. The number of amides is 2. The van der Waals surface area contributed by atoms with Gasteiger partial charge in [-0.3, -0.25) is 9.59 Å². The van der Waals surface area contributed by atoms with Crippen LogP contribution in [0.3, 0.4) is 0 Å². The molecule has 0 bridgehead atoms. The van der Waals surface area contributed by atoms with Crippen LogP contribution in [0.25, 0.3) is 0 Å². The summed E-state index contributed by atoms with van der Waals surface area (Å²) >= 11 is 12.5. The molecule has 2 aliphatic heterocycles. The molecule has 2 N–H and O–H groups in total. The van der Waals surface area contributed by atoms with Gasteiger partial charge in [-0.15, -0.1) is 0 Å². The van der Waals surface area contributed by atoms with Gasteiger partial charge < -0.3 is 10.6 Å². The van der Waals surface area contributed by atoms with E-state index in [-0.39, 0.29) is 30.1 Å². The van der Waals surface area contributed by atoms with Crippen molar-refractivity contribution in [1.29, 1.82) is 0 Å². The van der Waals surface area contributed by atoms with Gasteiger partial charge >= 0.3 is 0 Å². The number of rotatable bonds is 3. The van der Waals surface area contributed by atoms with Crippen molar-refractivity contribution >= 4 is 40.7 Å². The van der Waals surface area contributed by atoms with Gasteiger partial charge in [0.1, 0.15) is 5.41 Å². The minimum atomic E-state index is -0.995. The Balaban J connectivity index is 2.03. The normalized spacial score (nSPS) is 26.0. The van der Waals surface area contributed by atoms with Gasteiger partial charge in [-0.1, -0.05) is 61.3 Å². The lowest BCUT2D eigenvalue weighted by molar-refractivity contribution is -0.130. The molecule has 3 atom stereocenters. The van der Waals surface area contributed by atoms with Gasteiger partial charge in [0.2, 0.25) is 11.8 Å². The van der Waals surface area contributed by atoms with Crippen molar-refractivity contribution in [3.8, 4) is 0 Å². The SMILES string of the molecule is C/C=C(/C(C)C)[C@@H]1NC(=O)C[C@H](c2cccc(Cl)c2)[C@@]12C(=O)Nc1cc(Cl)ccc12. The van der Waals surface area contributed by atoms with Crippen LogP contribution in [0.4, 0.5) is 5.69 Å². The Labute approximate surface area is 186 Å². The number of anilines is 1. The zero-order valence-corrected chi connectivity index (χ0v) is 18.6. The van der Waals surface area contributed by atoms with Crippen LogP contribution in [0.1, 0.15) is 44.2 Å². The quantitative estimate of drug-likeness (QED) is 0.620. The number of allylic oxidation sites excluding steroid dienone is 1. The van der Waals surface area contributed by atoms with Crippen molar-refractivity contribution in [1.82, 2.24) is 5.32 Å². The van der Waals surface area contributed by atoms with Gasteiger partial charge in [0, 0.05) is 28.1 Å². The number of piperidine rings is 1. The first kappa shape index (κ1) is 21.0. The van der Waals surface area contributed by atoms with E-state index in [1.54, 1.807) is 18.2 Å². The van der Waals surface area contributed by atoms with Gasteiger partial charge in [0.05, 0.1) is 6.04 Å². The average molecular weight is 443 g/mol. The average Bonchev–Trinajstić information content (AvgIpc) is 2.96. The fraction of sp³-hybridized carbons (Fsp3) is 0.333. The molecule has 0 aliphatic carbocycles. The first-order valence-electron chi connectivity index (χ1n) is 10.1. The van der Waals surface area contributed by atoms with Crippen LogP contribution in [0.5, 0.6) is 0 Å². The van der Waals surface area contributed by atoms with Gasteiger partial charge in [-0.25, -0.2) is 0 Å². The molecule has 1 saturated heterocycles. The number of carbonyl (C=O) groups is 2. The molecule has 0 radical (unpaired) electrons. The van der Waals surface area contributed by atoms with E-state index >= 15 is 0 Å². The molecule has 0 unspecified atom stereocenters. The van der Waals surface area contributed by atoms with Gasteiger partial charge in [-0.05, 0) is 53.8 Å². The number of hydrogen-bond donors (Lipinski definition) is 2. The Morgan fingerprint density at radius 2 is 1.87 bits per heavy atom. The topological polar surface area (TPSA) is 58.2 Å². The molecule has 2 aliphatic rings. The van der Waals surface area contributed by atoms with Gasteiger partial charge in [-0.2, -0.15) is 0 Å². The minimum Gasteiger partial charge on any atom is -0.348 e. The molecule has 0 aromatic heterocycles. The number of hydrogen-bond acceptors (Lipinski definition) is 2. The van der Waals surface area contributed by atoms with E-state index in [1.165, 1.54) is 0 Å². The number of nitrogens with one attached hydrogen (secondary N) is 2. The van der Waals surface area contributed by atoms with Crippen molar-refractivity contribution in [3.05, 3.63) is 75.3 Å². The standard InChI is InChI=1S/C24H24Cl2N2O2/c1-4-17(13(2)3)22-24(18-9-8-16(26)11-20(18)27-23(24)30)19(12-21(29)28-22)14-6-5-7-15(25)10-14/h4-11,13,19,22H,12H2,1-3H3,(H,27,30)(H,28,29)/b17-4-/t19-,22+,24-/m1/s1. The van der Waals surface area contributed by atoms with Crippen molar-refractivity contribution < 1.29 is 9.59 Å². The van der Waals surface area contributed by atoms with Gasteiger partial charge in [0.15, 0.2) is 0 Å². The van der Waals surface area contributed by atoms with E-state index in [9.17, 15) is 9.59 Å². The zero-order valence-electron chi connectivity index (χ0n) is 17.1. The Hall–Kier alpha value is -2.30. The highest BCUT2D eigenvalue weighted by Gasteiger charge is 2.61. The van der Waals surface area contributed by atoms with Crippen LogP contribution in [-0.2, 0) is 15.0 Å². The summed E-state index contributed by atoms with van der Waals surface area (Å²) in [5.74, 6) is -0.425. The number of halogens is 2. The third-order valence-electron chi connectivity index (χ3n) is 6.34. The van der Waals surface area contributed by atoms with Crippen LogP contribution >= 0.6 is 23.2 Å². The molecule has 1 fully saturated rings. The lowest BCUT2D eigenvalue weighted by atomic mass is 9.58. The lowest BCUT2D eigenvalue weighted by Gasteiger charge is -2.48. The highest BCUT2D eigenvalue weighted by Crippen LogP contribution is 2.55. The van der Waals surface area contributed by atoms with Crippen molar-refractivity contribution in [2.75, 3.05) is 5.32 Å². The minimum absolute atomic E-state index is 0.0779. The third-order valence-corrected chi connectivity index (χ3v) is 6.81. The summed E-state index contributed by atoms with van der Waals surface area (Å²) in [7, 11) is 0. The predicted octanol–water partition coefficient (Wildman–Crippen LogP) is 5.46. The maximum atomic E-state index is 13.8. The third kappa shape index (κ3) is 3.14. The summed E-state index contributed by atoms with van der Waals surface area (Å²) in [6.45, 7) is 6.11. The fourth-order valence-corrected chi connectivity index (χ4v) is 5.50. The first-order valence-corrected chi connectivity index (χ1v) is 10.9. The molecule has 0 saturated carbocycles. The van der Waals surface area contributed by atoms with E-state index in [4.69, 9.17) is 23.2 Å². The van der Waals surface area contributed by atoms with E-state index in [0.717, 1.165) is 16.7 Å². The second-order valence-corrected chi connectivity index (χ2v) is 9.14. The van der Waals surface area contributed by atoms with E-state index in [2.05, 4.69) is 24.5 Å². The Bertz CT molecular complexity index is 1060. The molecule has 2 amide bonds. The van der Waals surface area contributed by atoms with Crippen molar-refractivity contribution in [3.63, 3.8) is 0 Å². The zero-order chi connectivity index (χ0) is 21.6. The summed E-state index contributed by atoms with van der Waals surface area (Å²) in [5, 5.41) is 7.32. The molecule has 4 rings (SSSR count). The Morgan fingerprint density at radius 3 is 2.53 bits per heavy atom. The molecule has 156 valence electrons. The molecule has 6 heteroatoms. The second kappa shape index (κ2) is 7.75. The van der Waals surface area contributed by atoms with Crippen LogP contribution in [-0.4, -0.2) is 17.9 Å². The Kier molecular flexibility index (Phi) is 5.41. The summed E-state index contributed by atoms with van der Waals surface area (Å²) in [5.41, 5.74) is 2.45. The Morgan fingerprint density at radius 1 is 1.13 bits per heavy atom. The number of carbonyl (C=O) groups excluding carboxylic acids is 2. The van der Waals surface area contributed by atoms with Crippen LogP contribution in [0.2, 0.25) is 10.0 Å². The summed E-state index contributed by atoms with van der Waals surface area (Å²) < 4.78 is 0. The van der Waals surface area contributed by atoms with Crippen LogP contribution < -0.4 is 10.6 Å². The van der Waals surface area contributed by atoms with E-state index in [0.29, 0.717) is 15.7 Å². The molecule has 30 heavy (non-hydrogen) atoms. The molecule has 2 aromatic rings. The molecule has 2 heterocycles. The highest BCUT2D eigenvalue weighted by molar-refractivity contribution is 6.31.